The monoisotopic (exact) mass is 340 g/mol. The molecule has 0 spiro atoms. The lowest BCUT2D eigenvalue weighted by molar-refractivity contribution is -0.0719. The summed E-state index contributed by atoms with van der Waals surface area (Å²) >= 11 is 3.63. The van der Waals surface area contributed by atoms with Gasteiger partial charge >= 0.3 is 0 Å². The molecule has 3 nitrogen and oxygen atoms in total. The fraction of sp³-hybridized carbons (Fsp3) is 0.625. The van der Waals surface area contributed by atoms with Crippen LogP contribution < -0.4 is 5.73 Å². The van der Waals surface area contributed by atoms with E-state index in [9.17, 15) is 0 Å². The average Bonchev–Trinajstić information content (AvgIpc) is 2.44. The summed E-state index contributed by atoms with van der Waals surface area (Å²) < 4.78 is 6.95. The maximum Gasteiger partial charge on any atom is 0.0675 e. The highest BCUT2D eigenvalue weighted by molar-refractivity contribution is 9.10. The topological polar surface area (TPSA) is 38.5 Å². The first-order chi connectivity index (χ1) is 9.56. The molecule has 1 saturated heterocycles. The number of halogens is 1. The Morgan fingerprint density at radius 2 is 2.25 bits per heavy atom. The summed E-state index contributed by atoms with van der Waals surface area (Å²) in [5, 5.41) is 0. The first-order valence-corrected chi connectivity index (χ1v) is 8.19. The van der Waals surface area contributed by atoms with Crippen LogP contribution in [0.1, 0.15) is 37.4 Å². The molecule has 0 radical (unpaired) electrons. The third-order valence-electron chi connectivity index (χ3n) is 4.19. The smallest absolute Gasteiger partial charge is 0.0675 e. The maximum atomic E-state index is 6.09. The fourth-order valence-corrected chi connectivity index (χ4v) is 3.28. The third kappa shape index (κ3) is 3.42. The van der Waals surface area contributed by atoms with Gasteiger partial charge in [0, 0.05) is 29.6 Å². The molecular weight excluding hydrogens is 316 g/mol. The molecule has 0 saturated carbocycles. The Morgan fingerprint density at radius 3 is 2.85 bits per heavy atom. The van der Waals surface area contributed by atoms with Crippen LogP contribution in [0.2, 0.25) is 0 Å². The van der Waals surface area contributed by atoms with Gasteiger partial charge in [0.25, 0.3) is 0 Å². The van der Waals surface area contributed by atoms with E-state index >= 15 is 0 Å². The van der Waals surface area contributed by atoms with Crippen molar-refractivity contribution in [3.05, 3.63) is 33.8 Å². The molecule has 0 aliphatic carbocycles. The molecule has 1 aliphatic heterocycles. The Bertz CT molecular complexity index is 452. The Hall–Kier alpha value is -0.420. The highest BCUT2D eigenvalue weighted by atomic mass is 79.9. The minimum absolute atomic E-state index is 0.267. The minimum atomic E-state index is 0.267. The predicted molar refractivity (Wildman–Crippen MR) is 86.9 cm³/mol. The van der Waals surface area contributed by atoms with Crippen molar-refractivity contribution in [2.45, 2.75) is 45.4 Å². The zero-order valence-electron chi connectivity index (χ0n) is 12.6. The van der Waals surface area contributed by atoms with Crippen molar-refractivity contribution in [2.75, 3.05) is 19.7 Å². The summed E-state index contributed by atoms with van der Waals surface area (Å²) in [4.78, 5) is 2.52. The van der Waals surface area contributed by atoms with Crippen LogP contribution in [0.25, 0.3) is 0 Å². The van der Waals surface area contributed by atoms with E-state index < -0.39 is 0 Å². The standard InChI is InChI=1S/C16H25BrN2O/c1-4-14-10-20-12(3)9-19(14)16(8-18)13-6-5-11(2)15(17)7-13/h5-7,12,14,16H,4,8-10,18H2,1-3H3. The summed E-state index contributed by atoms with van der Waals surface area (Å²) in [6.45, 7) is 8.86. The molecular formula is C16H25BrN2O. The predicted octanol–water partition coefficient (Wildman–Crippen LogP) is 3.26. The number of aryl methyl sites for hydroxylation is 1. The second kappa shape index (κ2) is 7.03. The van der Waals surface area contributed by atoms with Gasteiger partial charge in [0.1, 0.15) is 0 Å². The fourth-order valence-electron chi connectivity index (χ4n) is 2.88. The quantitative estimate of drug-likeness (QED) is 0.914. The van der Waals surface area contributed by atoms with Crippen LogP contribution in [0.15, 0.2) is 22.7 Å². The van der Waals surface area contributed by atoms with E-state index in [-0.39, 0.29) is 12.1 Å². The SMILES string of the molecule is CCC1COC(C)CN1C(CN)c1ccc(C)c(Br)c1. The second-order valence-electron chi connectivity index (χ2n) is 5.66. The van der Waals surface area contributed by atoms with E-state index in [1.54, 1.807) is 0 Å². The molecule has 0 aromatic heterocycles. The van der Waals surface area contributed by atoms with E-state index in [2.05, 4.69) is 59.8 Å². The van der Waals surface area contributed by atoms with E-state index in [1.807, 2.05) is 0 Å². The molecule has 3 unspecified atom stereocenters. The molecule has 1 aliphatic rings. The Morgan fingerprint density at radius 1 is 1.50 bits per heavy atom. The number of rotatable bonds is 4. The molecule has 3 atom stereocenters. The van der Waals surface area contributed by atoms with Crippen LogP contribution in [0, 0.1) is 6.92 Å². The highest BCUT2D eigenvalue weighted by Gasteiger charge is 2.31. The number of hydrogen-bond acceptors (Lipinski definition) is 3. The summed E-state index contributed by atoms with van der Waals surface area (Å²) in [6.07, 6.45) is 1.37. The number of ether oxygens (including phenoxy) is 1. The molecule has 0 bridgehead atoms. The molecule has 2 rings (SSSR count). The van der Waals surface area contributed by atoms with Crippen molar-refractivity contribution >= 4 is 15.9 Å². The second-order valence-corrected chi connectivity index (χ2v) is 6.52. The third-order valence-corrected chi connectivity index (χ3v) is 5.04. The van der Waals surface area contributed by atoms with Gasteiger partial charge in [0.05, 0.1) is 12.7 Å². The molecule has 2 N–H and O–H groups in total. The van der Waals surface area contributed by atoms with Gasteiger partial charge in [-0.1, -0.05) is 35.0 Å². The highest BCUT2D eigenvalue weighted by Crippen LogP contribution is 2.29. The largest absolute Gasteiger partial charge is 0.376 e. The van der Waals surface area contributed by atoms with Gasteiger partial charge in [-0.2, -0.15) is 0 Å². The molecule has 20 heavy (non-hydrogen) atoms. The van der Waals surface area contributed by atoms with Crippen molar-refractivity contribution in [2.24, 2.45) is 5.73 Å². The van der Waals surface area contributed by atoms with Crippen LogP contribution in [0.3, 0.4) is 0 Å². The van der Waals surface area contributed by atoms with Gasteiger partial charge in [0.15, 0.2) is 0 Å². The van der Waals surface area contributed by atoms with Gasteiger partial charge in [-0.05, 0) is 37.5 Å². The number of nitrogens with zero attached hydrogens (tertiary/aromatic N) is 1. The van der Waals surface area contributed by atoms with Crippen LogP contribution in [-0.2, 0) is 4.74 Å². The molecule has 1 aromatic carbocycles. The van der Waals surface area contributed by atoms with Crippen LogP contribution in [0.4, 0.5) is 0 Å². The van der Waals surface area contributed by atoms with E-state index in [0.29, 0.717) is 12.6 Å². The summed E-state index contributed by atoms with van der Waals surface area (Å²) in [7, 11) is 0. The summed E-state index contributed by atoms with van der Waals surface area (Å²) in [5.41, 5.74) is 8.63. The lowest BCUT2D eigenvalue weighted by Gasteiger charge is -2.43. The summed E-state index contributed by atoms with van der Waals surface area (Å²) in [5.74, 6) is 0. The molecule has 112 valence electrons. The van der Waals surface area contributed by atoms with Crippen molar-refractivity contribution in [1.82, 2.24) is 4.90 Å². The van der Waals surface area contributed by atoms with Crippen molar-refractivity contribution in [1.29, 1.82) is 0 Å². The lowest BCUT2D eigenvalue weighted by atomic mass is 9.99. The van der Waals surface area contributed by atoms with Gasteiger partial charge in [0.2, 0.25) is 0 Å². The average molecular weight is 341 g/mol. The normalized spacial score (nSPS) is 25.6. The van der Waals surface area contributed by atoms with Gasteiger partial charge in [-0.15, -0.1) is 0 Å². The van der Waals surface area contributed by atoms with E-state index in [0.717, 1.165) is 24.0 Å². The number of morpholine rings is 1. The Balaban J connectivity index is 2.26. The van der Waals surface area contributed by atoms with Gasteiger partial charge in [-0.3, -0.25) is 4.90 Å². The van der Waals surface area contributed by atoms with Crippen LogP contribution in [-0.4, -0.2) is 36.7 Å². The number of nitrogens with two attached hydrogens (primary N) is 1. The molecule has 1 aromatic rings. The lowest BCUT2D eigenvalue weighted by Crippen LogP contribution is -2.51. The van der Waals surface area contributed by atoms with E-state index in [4.69, 9.17) is 10.5 Å². The number of hydrogen-bond donors (Lipinski definition) is 1. The van der Waals surface area contributed by atoms with E-state index in [1.165, 1.54) is 11.1 Å². The van der Waals surface area contributed by atoms with Crippen LogP contribution >= 0.6 is 15.9 Å². The summed E-state index contributed by atoms with van der Waals surface area (Å²) in [6, 6.07) is 7.29. The molecule has 1 fully saturated rings. The minimum Gasteiger partial charge on any atom is -0.376 e. The Kier molecular flexibility index (Phi) is 5.61. The van der Waals surface area contributed by atoms with Crippen molar-refractivity contribution in [3.8, 4) is 0 Å². The first-order valence-electron chi connectivity index (χ1n) is 7.40. The van der Waals surface area contributed by atoms with Crippen molar-refractivity contribution in [3.63, 3.8) is 0 Å². The molecule has 0 amide bonds. The maximum absolute atomic E-state index is 6.09. The van der Waals surface area contributed by atoms with Gasteiger partial charge in [-0.25, -0.2) is 0 Å². The first kappa shape index (κ1) is 16.0. The van der Waals surface area contributed by atoms with Crippen LogP contribution in [0.5, 0.6) is 0 Å². The number of benzene rings is 1. The molecule has 4 heteroatoms. The van der Waals surface area contributed by atoms with Crippen molar-refractivity contribution < 1.29 is 4.74 Å². The molecule has 1 heterocycles. The zero-order chi connectivity index (χ0) is 14.7. The zero-order valence-corrected chi connectivity index (χ0v) is 14.2. The Labute approximate surface area is 130 Å². The van der Waals surface area contributed by atoms with Gasteiger partial charge < -0.3 is 10.5 Å².